The van der Waals surface area contributed by atoms with Crippen LogP contribution in [0.4, 0.5) is 0 Å². The summed E-state index contributed by atoms with van der Waals surface area (Å²) in [6.07, 6.45) is 0.715. The zero-order chi connectivity index (χ0) is 12.2. The molecule has 0 saturated heterocycles. The van der Waals surface area contributed by atoms with Crippen molar-refractivity contribution in [3.05, 3.63) is 30.0 Å². The highest BCUT2D eigenvalue weighted by molar-refractivity contribution is 9.15. The number of benzene rings is 1. The van der Waals surface area contributed by atoms with E-state index < -0.39 is 10.1 Å². The van der Waals surface area contributed by atoms with Gasteiger partial charge in [-0.1, -0.05) is 0 Å². The second kappa shape index (κ2) is 6.70. The van der Waals surface area contributed by atoms with E-state index in [9.17, 15) is 8.42 Å². The van der Waals surface area contributed by atoms with Crippen LogP contribution < -0.4 is 0 Å². The highest BCUT2D eigenvalue weighted by Crippen LogP contribution is 2.35. The topological polar surface area (TPSA) is 54.4 Å². The van der Waals surface area contributed by atoms with Gasteiger partial charge in [-0.15, -0.1) is 0 Å². The van der Waals surface area contributed by atoms with Crippen molar-refractivity contribution < 1.29 is 13.0 Å². The van der Waals surface area contributed by atoms with Gasteiger partial charge in [0.25, 0.3) is 10.1 Å². The quantitative estimate of drug-likeness (QED) is 0.337. The van der Waals surface area contributed by atoms with Crippen LogP contribution >= 0.6 is 63.7 Å². The number of hydrogen-bond acceptors (Lipinski definition) is 2. The van der Waals surface area contributed by atoms with E-state index in [0.29, 0.717) is 6.26 Å². The zero-order valence-corrected chi connectivity index (χ0v) is 14.5. The lowest BCUT2D eigenvalue weighted by Crippen LogP contribution is -1.88. The molecule has 0 fully saturated rings. The molecule has 3 nitrogen and oxygen atoms in total. The van der Waals surface area contributed by atoms with Gasteiger partial charge in [0.2, 0.25) is 0 Å². The first-order valence-corrected chi connectivity index (χ1v) is 8.36. The second-order valence-corrected chi connectivity index (χ2v) is 7.15. The van der Waals surface area contributed by atoms with Crippen LogP contribution in [0, 0.1) is 0 Å². The standard InChI is InChI=1S/C6H2Br4.CH4O3S/c7-3-1-2-4(8)6(10)5(3)9;1-5(2,3)4/h1-2H;1H3,(H,2,3,4). The van der Waals surface area contributed by atoms with Crippen LogP contribution in [0.15, 0.2) is 30.0 Å². The summed E-state index contributed by atoms with van der Waals surface area (Å²) in [5.41, 5.74) is 0. The molecule has 86 valence electrons. The van der Waals surface area contributed by atoms with Gasteiger partial charge in [-0.25, -0.2) is 0 Å². The normalized spacial score (nSPS) is 10.5. The molecule has 0 saturated carbocycles. The minimum atomic E-state index is -3.67. The molecule has 0 unspecified atom stereocenters. The van der Waals surface area contributed by atoms with Crippen LogP contribution in [0.25, 0.3) is 0 Å². The van der Waals surface area contributed by atoms with E-state index in [4.69, 9.17) is 4.55 Å². The SMILES string of the molecule is Brc1ccc(Br)c(Br)c1Br.CS(=O)(=O)O. The molecule has 1 aromatic rings. The zero-order valence-electron chi connectivity index (χ0n) is 7.34. The van der Waals surface area contributed by atoms with Gasteiger partial charge in [0.1, 0.15) is 0 Å². The van der Waals surface area contributed by atoms with E-state index in [1.807, 2.05) is 12.1 Å². The summed E-state index contributed by atoms with van der Waals surface area (Å²) in [4.78, 5) is 0. The molecule has 0 heterocycles. The maximum atomic E-state index is 9.19. The summed E-state index contributed by atoms with van der Waals surface area (Å²) in [5, 5.41) is 0. The average Bonchev–Trinajstić information content (AvgIpc) is 2.05. The Morgan fingerprint density at radius 3 is 1.40 bits per heavy atom. The van der Waals surface area contributed by atoms with E-state index >= 15 is 0 Å². The summed E-state index contributed by atoms with van der Waals surface area (Å²) in [6.45, 7) is 0. The minimum Gasteiger partial charge on any atom is -0.286 e. The number of hydrogen-bond donors (Lipinski definition) is 1. The fourth-order valence-corrected chi connectivity index (χ4v) is 2.39. The lowest BCUT2D eigenvalue weighted by Gasteiger charge is -2.00. The molecule has 0 spiro atoms. The summed E-state index contributed by atoms with van der Waals surface area (Å²) in [6, 6.07) is 3.94. The fraction of sp³-hybridized carbons (Fsp3) is 0.143. The fourth-order valence-electron chi connectivity index (χ4n) is 0.502. The summed E-state index contributed by atoms with van der Waals surface area (Å²) < 4.78 is 30.0. The molecule has 0 aromatic heterocycles. The summed E-state index contributed by atoms with van der Waals surface area (Å²) >= 11 is 13.6. The Labute approximate surface area is 122 Å². The van der Waals surface area contributed by atoms with Gasteiger partial charge in [-0.2, -0.15) is 8.42 Å². The molecule has 0 aliphatic rings. The highest BCUT2D eigenvalue weighted by atomic mass is 79.9. The molecular formula is C7H6Br4O3S. The molecule has 1 N–H and O–H groups in total. The molecule has 8 heteroatoms. The smallest absolute Gasteiger partial charge is 0.261 e. The van der Waals surface area contributed by atoms with Crippen molar-refractivity contribution in [1.82, 2.24) is 0 Å². The van der Waals surface area contributed by atoms with Crippen molar-refractivity contribution in [2.24, 2.45) is 0 Å². The Kier molecular flexibility index (Phi) is 7.17. The van der Waals surface area contributed by atoms with Gasteiger partial charge in [0, 0.05) is 17.9 Å². The van der Waals surface area contributed by atoms with Gasteiger partial charge in [-0.3, -0.25) is 4.55 Å². The van der Waals surface area contributed by atoms with Gasteiger partial charge >= 0.3 is 0 Å². The largest absolute Gasteiger partial charge is 0.286 e. The molecule has 1 rings (SSSR count). The first kappa shape index (κ1) is 16.1. The third-order valence-electron chi connectivity index (χ3n) is 0.988. The van der Waals surface area contributed by atoms with Crippen LogP contribution in [0.5, 0.6) is 0 Å². The molecule has 15 heavy (non-hydrogen) atoms. The van der Waals surface area contributed by atoms with Crippen molar-refractivity contribution in [3.63, 3.8) is 0 Å². The van der Waals surface area contributed by atoms with Crippen LogP contribution in [-0.4, -0.2) is 19.2 Å². The highest BCUT2D eigenvalue weighted by Gasteiger charge is 2.03. The third-order valence-corrected chi connectivity index (χ3v) is 5.55. The first-order chi connectivity index (χ1) is 6.63. The third kappa shape index (κ3) is 7.87. The molecule has 0 aliphatic heterocycles. The van der Waals surface area contributed by atoms with Gasteiger partial charge in [0.05, 0.1) is 6.26 Å². The molecule has 0 bridgehead atoms. The molecule has 1 aromatic carbocycles. The Hall–Kier alpha value is 1.05. The van der Waals surface area contributed by atoms with E-state index in [0.717, 1.165) is 17.9 Å². The Bertz CT molecular complexity index is 409. The Morgan fingerprint density at radius 2 is 1.20 bits per heavy atom. The van der Waals surface area contributed by atoms with Crippen LogP contribution in [0.2, 0.25) is 0 Å². The van der Waals surface area contributed by atoms with Crippen LogP contribution in [0.3, 0.4) is 0 Å². The maximum absolute atomic E-state index is 9.19. The van der Waals surface area contributed by atoms with Crippen molar-refractivity contribution in [2.45, 2.75) is 0 Å². The van der Waals surface area contributed by atoms with Crippen LogP contribution in [-0.2, 0) is 10.1 Å². The number of halogens is 4. The van der Waals surface area contributed by atoms with Crippen LogP contribution in [0.1, 0.15) is 0 Å². The minimum absolute atomic E-state index is 0.715. The van der Waals surface area contributed by atoms with Gasteiger partial charge in [-0.05, 0) is 75.9 Å². The Morgan fingerprint density at radius 1 is 1.00 bits per heavy atom. The summed E-state index contributed by atoms with van der Waals surface area (Å²) in [7, 11) is -3.67. The van der Waals surface area contributed by atoms with Crippen molar-refractivity contribution in [2.75, 3.05) is 6.26 Å². The van der Waals surface area contributed by atoms with E-state index in [1.165, 1.54) is 0 Å². The van der Waals surface area contributed by atoms with Gasteiger partial charge < -0.3 is 0 Å². The monoisotopic (exact) mass is 486 g/mol. The predicted molar refractivity (Wildman–Crippen MR) is 74.7 cm³/mol. The molecule has 0 amide bonds. The van der Waals surface area contributed by atoms with Gasteiger partial charge in [0.15, 0.2) is 0 Å². The molecule has 0 radical (unpaired) electrons. The molecule has 0 atom stereocenters. The van der Waals surface area contributed by atoms with Crippen molar-refractivity contribution >= 4 is 73.8 Å². The van der Waals surface area contributed by atoms with Crippen molar-refractivity contribution in [3.8, 4) is 0 Å². The lowest BCUT2D eigenvalue weighted by molar-refractivity contribution is 0.490. The molecular weight excluding hydrogens is 484 g/mol. The summed E-state index contributed by atoms with van der Waals surface area (Å²) in [5.74, 6) is 0. The van der Waals surface area contributed by atoms with E-state index in [1.54, 1.807) is 0 Å². The van der Waals surface area contributed by atoms with E-state index in [-0.39, 0.29) is 0 Å². The molecule has 0 aliphatic carbocycles. The maximum Gasteiger partial charge on any atom is 0.261 e. The first-order valence-electron chi connectivity index (χ1n) is 3.34. The lowest BCUT2D eigenvalue weighted by atomic mass is 10.4. The Balaban J connectivity index is 0.000000336. The van der Waals surface area contributed by atoms with E-state index in [2.05, 4.69) is 63.7 Å². The average molecular weight is 490 g/mol. The predicted octanol–water partition coefficient (Wildman–Crippen LogP) is 4.24. The van der Waals surface area contributed by atoms with Crippen molar-refractivity contribution in [1.29, 1.82) is 0 Å². The number of rotatable bonds is 0. The second-order valence-electron chi connectivity index (χ2n) is 2.39.